The molecule has 1 atom stereocenters. The molecule has 1 saturated heterocycles. The lowest BCUT2D eigenvalue weighted by Gasteiger charge is -2.24. The lowest BCUT2D eigenvalue weighted by atomic mass is 10.0. The maximum absolute atomic E-state index is 12.4. The van der Waals surface area contributed by atoms with Gasteiger partial charge in [-0.05, 0) is 27.2 Å². The summed E-state index contributed by atoms with van der Waals surface area (Å²) in [6, 6.07) is 0. The van der Waals surface area contributed by atoms with Crippen LogP contribution in [-0.4, -0.2) is 41.2 Å². The highest BCUT2D eigenvalue weighted by molar-refractivity contribution is 7.91. The molecular formula is C12H20N4O3S. The Morgan fingerprint density at radius 1 is 1.55 bits per heavy atom. The number of nitrogens with zero attached hydrogens (tertiary/aromatic N) is 2. The quantitative estimate of drug-likeness (QED) is 0.823. The molecule has 2 heterocycles. The molecule has 0 aliphatic carbocycles. The number of carbonyl (C=O) groups excluding carboxylic acids is 1. The fourth-order valence-corrected chi connectivity index (χ4v) is 4.60. The normalized spacial score (nSPS) is 24.8. The van der Waals surface area contributed by atoms with E-state index in [4.69, 9.17) is 5.73 Å². The predicted octanol–water partition coefficient (Wildman–Crippen LogP) is 0.101. The molecule has 1 aliphatic heterocycles. The third-order valence-corrected chi connectivity index (χ3v) is 5.51. The Bertz CT molecular complexity index is 650. The van der Waals surface area contributed by atoms with Crippen LogP contribution in [0.25, 0.3) is 0 Å². The Balaban J connectivity index is 2.26. The number of aryl methyl sites for hydroxylation is 2. The van der Waals surface area contributed by atoms with Crippen LogP contribution in [0.15, 0.2) is 0 Å². The molecule has 1 aromatic heterocycles. The number of sulfone groups is 1. The molecule has 3 N–H and O–H groups in total. The molecule has 0 saturated carbocycles. The largest absolute Gasteiger partial charge is 0.395 e. The van der Waals surface area contributed by atoms with Gasteiger partial charge in [-0.1, -0.05) is 0 Å². The lowest BCUT2D eigenvalue weighted by molar-refractivity contribution is 0.0905. The van der Waals surface area contributed by atoms with Gasteiger partial charge in [-0.2, -0.15) is 5.10 Å². The molecule has 0 spiro atoms. The number of nitrogens with two attached hydrogens (primary N) is 1. The first-order valence-electron chi connectivity index (χ1n) is 6.53. The first-order valence-corrected chi connectivity index (χ1v) is 8.35. The Hall–Kier alpha value is -1.57. The molecule has 0 radical (unpaired) electrons. The average molecular weight is 300 g/mol. The molecule has 112 valence electrons. The van der Waals surface area contributed by atoms with Crippen LogP contribution < -0.4 is 11.1 Å². The van der Waals surface area contributed by atoms with Crippen LogP contribution in [0.4, 0.5) is 5.69 Å². The van der Waals surface area contributed by atoms with Gasteiger partial charge < -0.3 is 11.1 Å². The van der Waals surface area contributed by atoms with Crippen LogP contribution >= 0.6 is 0 Å². The van der Waals surface area contributed by atoms with Gasteiger partial charge >= 0.3 is 0 Å². The zero-order valence-electron chi connectivity index (χ0n) is 11.9. The smallest absolute Gasteiger partial charge is 0.272 e. The van der Waals surface area contributed by atoms with Gasteiger partial charge in [0, 0.05) is 6.54 Å². The Morgan fingerprint density at radius 3 is 2.70 bits per heavy atom. The topological polar surface area (TPSA) is 107 Å². The van der Waals surface area contributed by atoms with E-state index in [0.29, 0.717) is 30.0 Å². The molecule has 2 rings (SSSR count). The average Bonchev–Trinajstić information content (AvgIpc) is 2.76. The third kappa shape index (κ3) is 2.65. The number of hydrogen-bond acceptors (Lipinski definition) is 5. The van der Waals surface area contributed by atoms with Gasteiger partial charge in [-0.15, -0.1) is 0 Å². The SMILES string of the molecule is CCn1nc(C)c(N)c1C(=O)NC1(C)CCS(=O)(=O)C1. The first-order chi connectivity index (χ1) is 9.17. The fraction of sp³-hybridized carbons (Fsp3) is 0.667. The molecule has 1 aromatic rings. The minimum atomic E-state index is -3.07. The van der Waals surface area contributed by atoms with E-state index in [0.717, 1.165) is 0 Å². The predicted molar refractivity (Wildman–Crippen MR) is 76.2 cm³/mol. The lowest BCUT2D eigenvalue weighted by Crippen LogP contribution is -2.47. The number of hydrogen-bond donors (Lipinski definition) is 2. The monoisotopic (exact) mass is 300 g/mol. The van der Waals surface area contributed by atoms with Crippen LogP contribution in [0.2, 0.25) is 0 Å². The standard InChI is InChI=1S/C12H20N4O3S/c1-4-16-10(9(13)8(2)15-16)11(17)14-12(3)5-6-20(18,19)7-12/h4-7,13H2,1-3H3,(H,14,17). The van der Waals surface area contributed by atoms with Gasteiger partial charge in [-0.3, -0.25) is 9.48 Å². The number of nitrogens with one attached hydrogen (secondary N) is 1. The van der Waals surface area contributed by atoms with E-state index in [1.807, 2.05) is 6.92 Å². The Kier molecular flexibility index (Phi) is 3.53. The van der Waals surface area contributed by atoms with Gasteiger partial charge in [0.2, 0.25) is 0 Å². The summed E-state index contributed by atoms with van der Waals surface area (Å²) in [5.41, 5.74) is 6.39. The van der Waals surface area contributed by atoms with Crippen LogP contribution in [0.3, 0.4) is 0 Å². The van der Waals surface area contributed by atoms with Crippen molar-refractivity contribution in [1.82, 2.24) is 15.1 Å². The van der Waals surface area contributed by atoms with Gasteiger partial charge in [0.1, 0.15) is 5.69 Å². The van der Waals surface area contributed by atoms with Crippen molar-refractivity contribution in [3.8, 4) is 0 Å². The third-order valence-electron chi connectivity index (χ3n) is 3.61. The van der Waals surface area contributed by atoms with E-state index in [-0.39, 0.29) is 17.4 Å². The highest BCUT2D eigenvalue weighted by atomic mass is 32.2. The number of nitrogen functional groups attached to an aromatic ring is 1. The van der Waals surface area contributed by atoms with E-state index in [9.17, 15) is 13.2 Å². The van der Waals surface area contributed by atoms with Gasteiger partial charge in [0.05, 0.1) is 28.4 Å². The molecule has 0 aromatic carbocycles. The number of rotatable bonds is 3. The summed E-state index contributed by atoms with van der Waals surface area (Å²) < 4.78 is 24.7. The van der Waals surface area contributed by atoms with Gasteiger partial charge in [0.25, 0.3) is 5.91 Å². The van der Waals surface area contributed by atoms with E-state index in [1.54, 1.807) is 13.8 Å². The second kappa shape index (κ2) is 4.76. The highest BCUT2D eigenvalue weighted by Gasteiger charge is 2.40. The summed E-state index contributed by atoms with van der Waals surface area (Å²) in [7, 11) is -3.07. The summed E-state index contributed by atoms with van der Waals surface area (Å²) >= 11 is 0. The minimum absolute atomic E-state index is 0.0368. The van der Waals surface area contributed by atoms with Crippen molar-refractivity contribution < 1.29 is 13.2 Å². The Labute approximate surface area is 118 Å². The maximum Gasteiger partial charge on any atom is 0.272 e. The van der Waals surface area contributed by atoms with Crippen LogP contribution in [0.5, 0.6) is 0 Å². The minimum Gasteiger partial charge on any atom is -0.395 e. The van der Waals surface area contributed by atoms with Crippen molar-refractivity contribution in [2.45, 2.75) is 39.3 Å². The molecule has 1 fully saturated rings. The second-order valence-electron chi connectivity index (χ2n) is 5.52. The van der Waals surface area contributed by atoms with E-state index in [1.165, 1.54) is 4.68 Å². The molecule has 20 heavy (non-hydrogen) atoms. The van der Waals surface area contributed by atoms with Crippen molar-refractivity contribution in [2.75, 3.05) is 17.2 Å². The van der Waals surface area contributed by atoms with Crippen molar-refractivity contribution in [2.24, 2.45) is 0 Å². The number of carbonyl (C=O) groups is 1. The van der Waals surface area contributed by atoms with Crippen LogP contribution in [-0.2, 0) is 16.4 Å². The van der Waals surface area contributed by atoms with Gasteiger partial charge in [0.15, 0.2) is 9.84 Å². The molecule has 8 heteroatoms. The highest BCUT2D eigenvalue weighted by Crippen LogP contribution is 2.24. The zero-order valence-corrected chi connectivity index (χ0v) is 12.7. The van der Waals surface area contributed by atoms with E-state index < -0.39 is 15.4 Å². The molecule has 7 nitrogen and oxygen atoms in total. The maximum atomic E-state index is 12.4. The van der Waals surface area contributed by atoms with Crippen LogP contribution in [0, 0.1) is 6.92 Å². The number of aromatic nitrogens is 2. The Morgan fingerprint density at radius 2 is 2.20 bits per heavy atom. The molecule has 1 unspecified atom stereocenters. The molecule has 0 bridgehead atoms. The fourth-order valence-electron chi connectivity index (χ4n) is 2.51. The van der Waals surface area contributed by atoms with E-state index >= 15 is 0 Å². The first kappa shape index (κ1) is 14.8. The molecular weight excluding hydrogens is 280 g/mol. The zero-order chi connectivity index (χ0) is 15.1. The van der Waals surface area contributed by atoms with Crippen molar-refractivity contribution in [3.05, 3.63) is 11.4 Å². The van der Waals surface area contributed by atoms with Crippen molar-refractivity contribution in [3.63, 3.8) is 0 Å². The molecule has 1 amide bonds. The van der Waals surface area contributed by atoms with E-state index in [2.05, 4.69) is 10.4 Å². The van der Waals surface area contributed by atoms with Crippen molar-refractivity contribution >= 4 is 21.4 Å². The summed E-state index contributed by atoms with van der Waals surface area (Å²) in [6.07, 6.45) is 0.417. The summed E-state index contributed by atoms with van der Waals surface area (Å²) in [6.45, 7) is 5.87. The van der Waals surface area contributed by atoms with Gasteiger partial charge in [-0.25, -0.2) is 8.42 Å². The van der Waals surface area contributed by atoms with Crippen LogP contribution in [0.1, 0.15) is 36.5 Å². The second-order valence-corrected chi connectivity index (χ2v) is 7.70. The summed E-state index contributed by atoms with van der Waals surface area (Å²) in [5, 5.41) is 6.99. The van der Waals surface area contributed by atoms with Crippen molar-refractivity contribution in [1.29, 1.82) is 0 Å². The summed E-state index contributed by atoms with van der Waals surface area (Å²) in [5.74, 6) is -0.305. The number of amides is 1. The summed E-state index contributed by atoms with van der Waals surface area (Å²) in [4.78, 5) is 12.4. The molecule has 1 aliphatic rings. The number of anilines is 1.